The number of aryl methyl sites for hydroxylation is 1. The van der Waals surface area contributed by atoms with Crippen LogP contribution in [0.5, 0.6) is 5.75 Å². The number of imidazole rings is 1. The Kier molecular flexibility index (Phi) is 5.99. The molecule has 0 radical (unpaired) electrons. The summed E-state index contributed by atoms with van der Waals surface area (Å²) in [7, 11) is 1.94. The van der Waals surface area contributed by atoms with Crippen LogP contribution in [-0.2, 0) is 12.5 Å². The highest BCUT2D eigenvalue weighted by atomic mass is 16.3. The molecule has 0 atom stereocenters. The quantitative estimate of drug-likeness (QED) is 0.261. The molecule has 0 fully saturated rings. The lowest BCUT2D eigenvalue weighted by atomic mass is 9.86. The van der Waals surface area contributed by atoms with Crippen molar-refractivity contribution in [2.75, 3.05) is 0 Å². The summed E-state index contributed by atoms with van der Waals surface area (Å²) >= 11 is 0. The molecule has 0 bridgehead atoms. The third-order valence-electron chi connectivity index (χ3n) is 7.20. The van der Waals surface area contributed by atoms with Crippen LogP contribution in [0.3, 0.4) is 0 Å². The Hall–Kier alpha value is -4.77. The van der Waals surface area contributed by atoms with Crippen LogP contribution < -0.4 is 0 Å². The minimum Gasteiger partial charge on any atom is -0.507 e. The van der Waals surface area contributed by atoms with E-state index >= 15 is 0 Å². The number of aromatic hydroxyl groups is 1. The molecule has 0 amide bonds. The number of rotatable bonds is 4. The average molecular weight is 511 g/mol. The first-order valence-electron chi connectivity index (χ1n) is 13.1. The molecular formula is C34H30N4O. The maximum Gasteiger partial charge on any atom is 0.160 e. The van der Waals surface area contributed by atoms with Gasteiger partial charge in [-0.3, -0.25) is 4.98 Å². The smallest absolute Gasteiger partial charge is 0.160 e. The van der Waals surface area contributed by atoms with Crippen molar-refractivity contribution in [1.82, 2.24) is 19.5 Å². The first kappa shape index (κ1) is 24.6. The van der Waals surface area contributed by atoms with Gasteiger partial charge in [0.25, 0.3) is 0 Å². The molecule has 1 N–H and O–H groups in total. The van der Waals surface area contributed by atoms with E-state index in [-0.39, 0.29) is 11.2 Å². The molecule has 192 valence electrons. The fraction of sp³-hybridized carbons (Fsp3) is 0.147. The predicted molar refractivity (Wildman–Crippen MR) is 158 cm³/mol. The van der Waals surface area contributed by atoms with Gasteiger partial charge < -0.3 is 9.67 Å². The van der Waals surface area contributed by atoms with Crippen LogP contribution >= 0.6 is 0 Å². The van der Waals surface area contributed by atoms with E-state index in [0.717, 1.165) is 50.2 Å². The molecule has 39 heavy (non-hydrogen) atoms. The summed E-state index contributed by atoms with van der Waals surface area (Å²) in [6.07, 6.45) is 3.74. The zero-order valence-electron chi connectivity index (χ0n) is 22.6. The zero-order valence-corrected chi connectivity index (χ0v) is 22.6. The molecule has 0 unspecified atom stereocenters. The lowest BCUT2D eigenvalue weighted by Crippen LogP contribution is -2.11. The standard InChI is InChI=1S/C34H30N4O/c1-34(2,3)26-14-16-30(39)28(20-26)32-37-31-27(17-18-35-33(31)38(32)4)23-11-8-12-24(19-23)29-15-13-25(21-36-29)22-9-6-5-7-10-22/h5-21,39H,1-4H3. The average Bonchev–Trinajstić information content (AvgIpc) is 3.29. The Balaban J connectivity index is 1.42. The second kappa shape index (κ2) is 9.52. The SMILES string of the molecule is Cn1c(-c2cc(C(C)(C)C)ccc2O)nc2c(-c3cccc(-c4ccc(-c5ccccc5)cn4)c3)ccnc21. The molecule has 3 heterocycles. The second-order valence-corrected chi connectivity index (χ2v) is 10.9. The summed E-state index contributed by atoms with van der Waals surface area (Å²) in [6.45, 7) is 6.48. The van der Waals surface area contributed by atoms with E-state index in [2.05, 4.69) is 68.2 Å². The lowest BCUT2D eigenvalue weighted by molar-refractivity contribution is 0.475. The minimum atomic E-state index is -0.0514. The molecule has 0 saturated carbocycles. The highest BCUT2D eigenvalue weighted by Crippen LogP contribution is 2.37. The lowest BCUT2D eigenvalue weighted by Gasteiger charge is -2.20. The topological polar surface area (TPSA) is 63.8 Å². The van der Waals surface area contributed by atoms with E-state index < -0.39 is 0 Å². The summed E-state index contributed by atoms with van der Waals surface area (Å²) < 4.78 is 1.95. The summed E-state index contributed by atoms with van der Waals surface area (Å²) in [5.41, 5.74) is 9.53. The molecular weight excluding hydrogens is 480 g/mol. The van der Waals surface area contributed by atoms with Crippen molar-refractivity contribution < 1.29 is 5.11 Å². The molecule has 0 aliphatic heterocycles. The van der Waals surface area contributed by atoms with Crippen LogP contribution in [0, 0.1) is 0 Å². The molecule has 5 heteroatoms. The number of fused-ring (bicyclic) bond motifs is 1. The molecule has 5 nitrogen and oxygen atoms in total. The van der Waals surface area contributed by atoms with E-state index in [4.69, 9.17) is 9.97 Å². The maximum atomic E-state index is 10.8. The van der Waals surface area contributed by atoms with Gasteiger partial charge in [0.05, 0.1) is 11.3 Å². The maximum absolute atomic E-state index is 10.8. The van der Waals surface area contributed by atoms with E-state index in [1.165, 1.54) is 0 Å². The monoisotopic (exact) mass is 510 g/mol. The van der Waals surface area contributed by atoms with Gasteiger partial charge in [0.15, 0.2) is 5.65 Å². The van der Waals surface area contributed by atoms with Gasteiger partial charge in [-0.25, -0.2) is 9.97 Å². The highest BCUT2D eigenvalue weighted by Gasteiger charge is 2.21. The van der Waals surface area contributed by atoms with E-state index in [9.17, 15) is 5.11 Å². The van der Waals surface area contributed by atoms with Gasteiger partial charge in [-0.1, -0.05) is 81.4 Å². The largest absolute Gasteiger partial charge is 0.507 e. The van der Waals surface area contributed by atoms with E-state index in [0.29, 0.717) is 11.4 Å². The van der Waals surface area contributed by atoms with E-state index in [1.54, 1.807) is 6.07 Å². The van der Waals surface area contributed by atoms with Crippen molar-refractivity contribution in [3.05, 3.63) is 109 Å². The number of nitrogens with zero attached hydrogens (tertiary/aromatic N) is 4. The summed E-state index contributed by atoms with van der Waals surface area (Å²) in [5, 5.41) is 10.8. The van der Waals surface area contributed by atoms with Crippen molar-refractivity contribution >= 4 is 11.2 Å². The molecule has 6 rings (SSSR count). The Morgan fingerprint density at radius 2 is 1.46 bits per heavy atom. The molecule has 0 spiro atoms. The van der Waals surface area contributed by atoms with Gasteiger partial charge in [-0.15, -0.1) is 0 Å². The van der Waals surface area contributed by atoms with Crippen molar-refractivity contribution in [3.63, 3.8) is 0 Å². The number of benzene rings is 3. The first-order chi connectivity index (χ1) is 18.8. The summed E-state index contributed by atoms with van der Waals surface area (Å²) in [6, 6.07) is 30.5. The minimum absolute atomic E-state index is 0.0514. The normalized spacial score (nSPS) is 11.7. The van der Waals surface area contributed by atoms with Crippen LogP contribution in [0.15, 0.2) is 103 Å². The number of phenolic OH excluding ortho intramolecular Hbond substituents is 1. The van der Waals surface area contributed by atoms with Crippen molar-refractivity contribution in [3.8, 4) is 50.6 Å². The number of phenols is 1. The third kappa shape index (κ3) is 4.57. The number of hydrogen-bond donors (Lipinski definition) is 1. The second-order valence-electron chi connectivity index (χ2n) is 10.9. The van der Waals surface area contributed by atoms with Crippen LogP contribution in [0.2, 0.25) is 0 Å². The predicted octanol–water partition coefficient (Wildman–Crippen LogP) is 8.03. The molecule has 3 aromatic heterocycles. The van der Waals surface area contributed by atoms with Gasteiger partial charge >= 0.3 is 0 Å². The zero-order chi connectivity index (χ0) is 27.1. The Morgan fingerprint density at radius 3 is 2.21 bits per heavy atom. The van der Waals surface area contributed by atoms with Gasteiger partial charge in [0, 0.05) is 36.1 Å². The summed E-state index contributed by atoms with van der Waals surface area (Å²) in [5.74, 6) is 0.887. The first-order valence-corrected chi connectivity index (χ1v) is 13.1. The molecule has 0 aliphatic rings. The Morgan fingerprint density at radius 1 is 0.692 bits per heavy atom. The van der Waals surface area contributed by atoms with Crippen LogP contribution in [-0.4, -0.2) is 24.6 Å². The highest BCUT2D eigenvalue weighted by molar-refractivity contribution is 5.93. The van der Waals surface area contributed by atoms with Gasteiger partial charge in [-0.2, -0.15) is 0 Å². The molecule has 0 saturated heterocycles. The Bertz CT molecular complexity index is 1800. The number of pyridine rings is 2. The number of aromatic nitrogens is 4. The fourth-order valence-electron chi connectivity index (χ4n) is 4.95. The number of hydrogen-bond acceptors (Lipinski definition) is 4. The van der Waals surface area contributed by atoms with Crippen LogP contribution in [0.1, 0.15) is 26.3 Å². The van der Waals surface area contributed by atoms with Gasteiger partial charge in [0.2, 0.25) is 0 Å². The van der Waals surface area contributed by atoms with Crippen LogP contribution in [0.25, 0.3) is 56.1 Å². The van der Waals surface area contributed by atoms with Gasteiger partial charge in [-0.05, 0) is 52.4 Å². The van der Waals surface area contributed by atoms with Crippen LogP contribution in [0.4, 0.5) is 0 Å². The van der Waals surface area contributed by atoms with Crippen molar-refractivity contribution in [2.45, 2.75) is 26.2 Å². The van der Waals surface area contributed by atoms with Crippen molar-refractivity contribution in [1.29, 1.82) is 0 Å². The third-order valence-corrected chi connectivity index (χ3v) is 7.20. The van der Waals surface area contributed by atoms with Crippen molar-refractivity contribution in [2.24, 2.45) is 7.05 Å². The molecule has 3 aromatic carbocycles. The fourth-order valence-corrected chi connectivity index (χ4v) is 4.95. The molecule has 6 aromatic rings. The molecule has 0 aliphatic carbocycles. The Labute approximate surface area is 228 Å². The van der Waals surface area contributed by atoms with E-state index in [1.807, 2.05) is 66.5 Å². The van der Waals surface area contributed by atoms with Gasteiger partial charge in [0.1, 0.15) is 17.1 Å². The summed E-state index contributed by atoms with van der Waals surface area (Å²) in [4.78, 5) is 14.4.